The van der Waals surface area contributed by atoms with Crippen LogP contribution in [0.3, 0.4) is 0 Å². The Morgan fingerprint density at radius 1 is 1.00 bits per heavy atom. The van der Waals surface area contributed by atoms with Crippen LogP contribution in [0.4, 0.5) is 5.69 Å². The third-order valence-electron chi connectivity index (χ3n) is 5.74. The number of aryl methyl sites for hydroxylation is 1. The molecule has 0 aromatic heterocycles. The Labute approximate surface area is 199 Å². The number of fused-ring (bicyclic) bond motifs is 1. The van der Waals surface area contributed by atoms with Crippen LogP contribution in [0.1, 0.15) is 40.9 Å². The average molecular weight is 479 g/mol. The normalized spacial score (nSPS) is 14.1. The summed E-state index contributed by atoms with van der Waals surface area (Å²) < 4.78 is 33.2. The number of carbonyl (C=O) groups is 2. The van der Waals surface area contributed by atoms with Crippen LogP contribution in [0, 0.1) is 0 Å². The number of sulfonamides is 1. The molecule has 1 amide bonds. The molecule has 7 nitrogen and oxygen atoms in total. The summed E-state index contributed by atoms with van der Waals surface area (Å²) in [5, 5.41) is 2.77. The predicted octanol–water partition coefficient (Wildman–Crippen LogP) is 3.86. The number of hydrogen-bond acceptors (Lipinski definition) is 5. The Morgan fingerprint density at radius 2 is 1.74 bits per heavy atom. The summed E-state index contributed by atoms with van der Waals surface area (Å²) >= 11 is 0. The van der Waals surface area contributed by atoms with Crippen LogP contribution in [0.2, 0.25) is 0 Å². The molecule has 0 saturated heterocycles. The number of para-hydroxylation sites is 1. The topological polar surface area (TPSA) is 92.8 Å². The van der Waals surface area contributed by atoms with Gasteiger partial charge in [-0.05, 0) is 55.2 Å². The maximum atomic E-state index is 13.4. The van der Waals surface area contributed by atoms with E-state index >= 15 is 0 Å². The lowest BCUT2D eigenvalue weighted by atomic mass is 10.0. The predicted molar refractivity (Wildman–Crippen MR) is 129 cm³/mol. The zero-order valence-electron chi connectivity index (χ0n) is 18.8. The highest BCUT2D eigenvalue weighted by atomic mass is 32.2. The van der Waals surface area contributed by atoms with Crippen LogP contribution >= 0.6 is 0 Å². The molecule has 0 fully saturated rings. The van der Waals surface area contributed by atoms with E-state index in [-0.39, 0.29) is 16.5 Å². The van der Waals surface area contributed by atoms with Gasteiger partial charge in [0.1, 0.15) is 0 Å². The molecule has 34 heavy (non-hydrogen) atoms. The number of hydrogen-bond donors (Lipinski definition) is 1. The number of anilines is 1. The number of nitrogens with one attached hydrogen (secondary N) is 1. The van der Waals surface area contributed by atoms with E-state index in [0.29, 0.717) is 18.7 Å². The van der Waals surface area contributed by atoms with Crippen molar-refractivity contribution in [3.05, 3.63) is 95.6 Å². The second kappa shape index (κ2) is 10.1. The van der Waals surface area contributed by atoms with E-state index in [2.05, 4.69) is 5.32 Å². The van der Waals surface area contributed by atoms with Gasteiger partial charge in [0, 0.05) is 6.54 Å². The molecule has 1 N–H and O–H groups in total. The summed E-state index contributed by atoms with van der Waals surface area (Å²) in [6.07, 6.45) is 1.54. The lowest BCUT2D eigenvalue weighted by Crippen LogP contribution is -2.35. The first-order chi connectivity index (χ1) is 16.4. The van der Waals surface area contributed by atoms with Crippen LogP contribution < -0.4 is 9.62 Å². The zero-order chi connectivity index (χ0) is 24.1. The molecular weight excluding hydrogens is 452 g/mol. The highest BCUT2D eigenvalue weighted by Crippen LogP contribution is 2.32. The molecule has 1 heterocycles. The number of ether oxygens (including phenoxy) is 1. The first-order valence-electron chi connectivity index (χ1n) is 11.1. The fourth-order valence-electron chi connectivity index (χ4n) is 3.98. The molecule has 1 aliphatic heterocycles. The standard InChI is InChI=1S/C26H26N2O5S/c1-19(20-9-3-2-4-10-20)27-25(29)18-33-26(30)22-12-7-14-23(17-22)34(31,32)28-16-8-13-21-11-5-6-15-24(21)28/h2-7,9-12,14-15,17,19H,8,13,16,18H2,1H3,(H,27,29). The summed E-state index contributed by atoms with van der Waals surface area (Å²) in [5.41, 5.74) is 2.63. The SMILES string of the molecule is CC(NC(=O)COC(=O)c1cccc(S(=O)(=O)N2CCCc3ccccc32)c1)c1ccccc1. The lowest BCUT2D eigenvalue weighted by Gasteiger charge is -2.30. The van der Waals surface area contributed by atoms with Crippen molar-refractivity contribution in [3.8, 4) is 0 Å². The highest BCUT2D eigenvalue weighted by Gasteiger charge is 2.29. The number of carbonyl (C=O) groups excluding carboxylic acids is 2. The van der Waals surface area contributed by atoms with Gasteiger partial charge in [0.05, 0.1) is 22.2 Å². The van der Waals surface area contributed by atoms with Crippen molar-refractivity contribution < 1.29 is 22.7 Å². The summed E-state index contributed by atoms with van der Waals surface area (Å²) in [6, 6.07) is 22.3. The minimum Gasteiger partial charge on any atom is -0.452 e. The maximum absolute atomic E-state index is 13.4. The van der Waals surface area contributed by atoms with Crippen LogP contribution in [0.5, 0.6) is 0 Å². The molecule has 0 aliphatic carbocycles. The number of nitrogens with zero attached hydrogens (tertiary/aromatic N) is 1. The molecule has 3 aromatic rings. The van der Waals surface area contributed by atoms with Gasteiger partial charge in [-0.25, -0.2) is 13.2 Å². The molecule has 0 spiro atoms. The Hall–Kier alpha value is -3.65. The molecule has 0 bridgehead atoms. The number of benzene rings is 3. The van der Waals surface area contributed by atoms with E-state index < -0.39 is 28.5 Å². The third kappa shape index (κ3) is 5.12. The van der Waals surface area contributed by atoms with E-state index in [1.54, 1.807) is 6.07 Å². The molecule has 3 aromatic carbocycles. The fourth-order valence-corrected chi connectivity index (χ4v) is 5.57. The van der Waals surface area contributed by atoms with Gasteiger partial charge in [0.2, 0.25) is 0 Å². The Morgan fingerprint density at radius 3 is 2.53 bits per heavy atom. The quantitative estimate of drug-likeness (QED) is 0.521. The average Bonchev–Trinajstić information content (AvgIpc) is 2.87. The van der Waals surface area contributed by atoms with Gasteiger partial charge in [-0.15, -0.1) is 0 Å². The van der Waals surface area contributed by atoms with Crippen molar-refractivity contribution >= 4 is 27.6 Å². The molecule has 1 atom stereocenters. The van der Waals surface area contributed by atoms with E-state index in [9.17, 15) is 18.0 Å². The summed E-state index contributed by atoms with van der Waals surface area (Å²) in [6.45, 7) is 1.74. The molecule has 176 valence electrons. The van der Waals surface area contributed by atoms with Crippen molar-refractivity contribution in [2.24, 2.45) is 0 Å². The summed E-state index contributed by atoms with van der Waals surface area (Å²) in [4.78, 5) is 24.8. The largest absolute Gasteiger partial charge is 0.452 e. The van der Waals surface area contributed by atoms with Gasteiger partial charge in [-0.1, -0.05) is 54.6 Å². The minimum atomic E-state index is -3.86. The first kappa shape index (κ1) is 23.5. The van der Waals surface area contributed by atoms with Crippen LogP contribution in [0.15, 0.2) is 83.8 Å². The van der Waals surface area contributed by atoms with Gasteiger partial charge >= 0.3 is 5.97 Å². The van der Waals surface area contributed by atoms with Crippen molar-refractivity contribution in [2.45, 2.75) is 30.7 Å². The van der Waals surface area contributed by atoms with Crippen LogP contribution in [-0.4, -0.2) is 33.4 Å². The molecular formula is C26H26N2O5S. The van der Waals surface area contributed by atoms with E-state index in [1.807, 2.05) is 55.5 Å². The second-order valence-electron chi connectivity index (χ2n) is 8.11. The number of esters is 1. The van der Waals surface area contributed by atoms with Gasteiger partial charge in [-0.2, -0.15) is 0 Å². The lowest BCUT2D eigenvalue weighted by molar-refractivity contribution is -0.124. The van der Waals surface area contributed by atoms with Crippen molar-refractivity contribution in [1.82, 2.24) is 5.32 Å². The highest BCUT2D eigenvalue weighted by molar-refractivity contribution is 7.92. The Balaban J connectivity index is 1.43. The zero-order valence-corrected chi connectivity index (χ0v) is 19.6. The maximum Gasteiger partial charge on any atom is 0.338 e. The summed E-state index contributed by atoms with van der Waals surface area (Å²) in [7, 11) is -3.86. The summed E-state index contributed by atoms with van der Waals surface area (Å²) in [5.74, 6) is -1.21. The van der Waals surface area contributed by atoms with E-state index in [1.165, 1.54) is 28.6 Å². The van der Waals surface area contributed by atoms with E-state index in [0.717, 1.165) is 17.5 Å². The van der Waals surface area contributed by atoms with Gasteiger partial charge in [0.15, 0.2) is 6.61 Å². The van der Waals surface area contributed by atoms with Gasteiger partial charge < -0.3 is 10.1 Å². The van der Waals surface area contributed by atoms with Crippen molar-refractivity contribution in [2.75, 3.05) is 17.5 Å². The molecule has 1 unspecified atom stereocenters. The van der Waals surface area contributed by atoms with Crippen molar-refractivity contribution in [1.29, 1.82) is 0 Å². The smallest absolute Gasteiger partial charge is 0.338 e. The van der Waals surface area contributed by atoms with E-state index in [4.69, 9.17) is 4.74 Å². The number of amides is 1. The molecule has 0 saturated carbocycles. The van der Waals surface area contributed by atoms with Crippen LogP contribution in [-0.2, 0) is 26.0 Å². The molecule has 1 aliphatic rings. The molecule has 4 rings (SSSR count). The van der Waals surface area contributed by atoms with Crippen molar-refractivity contribution in [3.63, 3.8) is 0 Å². The first-order valence-corrected chi connectivity index (χ1v) is 12.5. The van der Waals surface area contributed by atoms with Crippen LogP contribution in [0.25, 0.3) is 0 Å². The van der Waals surface area contributed by atoms with Gasteiger partial charge in [-0.3, -0.25) is 9.10 Å². The third-order valence-corrected chi connectivity index (χ3v) is 7.55. The second-order valence-corrected chi connectivity index (χ2v) is 9.98. The fraction of sp³-hybridized carbons (Fsp3) is 0.231. The number of rotatable bonds is 7. The monoisotopic (exact) mass is 478 g/mol. The molecule has 8 heteroatoms. The Bertz CT molecular complexity index is 1290. The molecule has 0 radical (unpaired) electrons. The van der Waals surface area contributed by atoms with Gasteiger partial charge in [0.25, 0.3) is 15.9 Å². The minimum absolute atomic E-state index is 0.000745. The Kier molecular flexibility index (Phi) is 6.98.